The van der Waals surface area contributed by atoms with Crippen molar-refractivity contribution in [2.75, 3.05) is 6.54 Å². The van der Waals surface area contributed by atoms with Gasteiger partial charge in [0.15, 0.2) is 0 Å². The first-order valence-electron chi connectivity index (χ1n) is 8.05. The summed E-state index contributed by atoms with van der Waals surface area (Å²) in [5.74, 6) is -0.937. The number of carboxylic acid groups (broad SMARTS) is 1. The molecule has 128 valence electrons. The second-order valence-electron chi connectivity index (χ2n) is 5.86. The number of aromatic carboxylic acids is 1. The second kappa shape index (κ2) is 8.29. The van der Waals surface area contributed by atoms with Gasteiger partial charge in [-0.2, -0.15) is 5.10 Å². The van der Waals surface area contributed by atoms with Gasteiger partial charge in [-0.25, -0.2) is 4.79 Å². The Hall–Kier alpha value is -2.63. The molecule has 0 atom stereocenters. The van der Waals surface area contributed by atoms with Crippen molar-refractivity contribution in [1.29, 1.82) is 0 Å². The Morgan fingerprint density at radius 2 is 1.92 bits per heavy atom. The molecule has 1 aromatic carbocycles. The molecule has 6 heteroatoms. The maximum atomic E-state index is 11.8. The molecule has 24 heavy (non-hydrogen) atoms. The van der Waals surface area contributed by atoms with E-state index in [1.807, 2.05) is 24.6 Å². The third-order valence-corrected chi connectivity index (χ3v) is 3.81. The minimum absolute atomic E-state index is 0.00526. The average molecular weight is 329 g/mol. The van der Waals surface area contributed by atoms with Gasteiger partial charge in [-0.05, 0) is 50.5 Å². The van der Waals surface area contributed by atoms with Crippen molar-refractivity contribution in [1.82, 2.24) is 15.1 Å². The molecule has 0 radical (unpaired) electrons. The number of amides is 1. The minimum Gasteiger partial charge on any atom is -0.478 e. The molecule has 2 aromatic rings. The Morgan fingerprint density at radius 1 is 1.21 bits per heavy atom. The molecule has 0 saturated carbocycles. The Labute approximate surface area is 141 Å². The van der Waals surface area contributed by atoms with Gasteiger partial charge in [0.25, 0.3) is 0 Å². The number of rotatable bonds is 8. The topological polar surface area (TPSA) is 84.2 Å². The van der Waals surface area contributed by atoms with Crippen LogP contribution in [0.4, 0.5) is 0 Å². The van der Waals surface area contributed by atoms with Gasteiger partial charge in [0.05, 0.1) is 11.3 Å². The molecule has 0 saturated heterocycles. The molecule has 6 nitrogen and oxygen atoms in total. The van der Waals surface area contributed by atoms with E-state index in [1.165, 1.54) is 0 Å². The highest BCUT2D eigenvalue weighted by Crippen LogP contribution is 2.07. The molecule has 0 aliphatic carbocycles. The van der Waals surface area contributed by atoms with E-state index in [1.54, 1.807) is 24.3 Å². The van der Waals surface area contributed by atoms with E-state index in [0.29, 0.717) is 19.4 Å². The smallest absolute Gasteiger partial charge is 0.335 e. The number of aryl methyl sites for hydroxylation is 4. The molecule has 2 rings (SSSR count). The molecule has 1 amide bonds. The zero-order valence-corrected chi connectivity index (χ0v) is 14.1. The summed E-state index contributed by atoms with van der Waals surface area (Å²) in [5, 5.41) is 16.1. The molecule has 0 fully saturated rings. The van der Waals surface area contributed by atoms with Crippen molar-refractivity contribution < 1.29 is 14.7 Å². The van der Waals surface area contributed by atoms with Gasteiger partial charge in [0.2, 0.25) is 5.91 Å². The number of carbonyl (C=O) groups excluding carboxylic acids is 1. The molecule has 0 spiro atoms. The van der Waals surface area contributed by atoms with Crippen LogP contribution in [0.5, 0.6) is 0 Å². The Morgan fingerprint density at radius 3 is 2.50 bits per heavy atom. The maximum Gasteiger partial charge on any atom is 0.335 e. The summed E-state index contributed by atoms with van der Waals surface area (Å²) in [5.41, 5.74) is 3.35. The molecule has 0 bridgehead atoms. The number of aromatic nitrogens is 2. The van der Waals surface area contributed by atoms with Gasteiger partial charge in [-0.3, -0.25) is 9.48 Å². The number of nitrogens with one attached hydrogen (secondary N) is 1. The van der Waals surface area contributed by atoms with E-state index < -0.39 is 5.97 Å². The molecular formula is C18H23N3O3. The van der Waals surface area contributed by atoms with Crippen LogP contribution in [0.1, 0.15) is 40.2 Å². The summed E-state index contributed by atoms with van der Waals surface area (Å²) >= 11 is 0. The van der Waals surface area contributed by atoms with Gasteiger partial charge >= 0.3 is 5.97 Å². The van der Waals surface area contributed by atoms with Crippen LogP contribution in [0, 0.1) is 13.8 Å². The number of nitrogens with zero attached hydrogens (tertiary/aromatic N) is 2. The van der Waals surface area contributed by atoms with E-state index in [-0.39, 0.29) is 11.5 Å². The maximum absolute atomic E-state index is 11.8. The van der Waals surface area contributed by atoms with Crippen LogP contribution in [0.15, 0.2) is 30.3 Å². The lowest BCUT2D eigenvalue weighted by atomic mass is 10.1. The van der Waals surface area contributed by atoms with Gasteiger partial charge < -0.3 is 10.4 Å². The predicted octanol–water partition coefficient (Wildman–Crippen LogP) is 2.34. The molecular weight excluding hydrogens is 306 g/mol. The number of carboxylic acids is 1. The molecule has 0 aliphatic rings. The van der Waals surface area contributed by atoms with Crippen LogP contribution in [-0.2, 0) is 17.8 Å². The van der Waals surface area contributed by atoms with Crippen molar-refractivity contribution >= 4 is 11.9 Å². The standard InChI is InChI=1S/C18H23N3O3/c1-13-12-14(2)21(20-13)11-3-10-19-17(22)9-6-15-4-7-16(8-5-15)18(23)24/h4-5,7-8,12H,3,6,9-11H2,1-2H3,(H,19,22)(H,23,24). The SMILES string of the molecule is Cc1cc(C)n(CCCNC(=O)CCc2ccc(C(=O)O)cc2)n1. The first-order valence-corrected chi connectivity index (χ1v) is 8.05. The minimum atomic E-state index is -0.943. The van der Waals surface area contributed by atoms with Gasteiger partial charge in [0, 0.05) is 25.2 Å². The molecule has 1 aromatic heterocycles. The fourth-order valence-corrected chi connectivity index (χ4v) is 2.52. The lowest BCUT2D eigenvalue weighted by molar-refractivity contribution is -0.121. The largest absolute Gasteiger partial charge is 0.478 e. The van der Waals surface area contributed by atoms with Crippen molar-refractivity contribution in [3.63, 3.8) is 0 Å². The Bertz CT molecular complexity index is 705. The first-order chi connectivity index (χ1) is 11.5. The second-order valence-corrected chi connectivity index (χ2v) is 5.86. The number of benzene rings is 1. The molecule has 0 aliphatic heterocycles. The molecule has 0 unspecified atom stereocenters. The van der Waals surface area contributed by atoms with Gasteiger partial charge in [-0.1, -0.05) is 12.1 Å². The fourth-order valence-electron chi connectivity index (χ4n) is 2.52. The normalized spacial score (nSPS) is 10.6. The summed E-state index contributed by atoms with van der Waals surface area (Å²) in [4.78, 5) is 22.6. The summed E-state index contributed by atoms with van der Waals surface area (Å²) in [6, 6.07) is 8.65. The van der Waals surface area contributed by atoms with Crippen LogP contribution in [0.3, 0.4) is 0 Å². The van der Waals surface area contributed by atoms with Crippen LogP contribution < -0.4 is 5.32 Å². The lowest BCUT2D eigenvalue weighted by Gasteiger charge is -2.07. The third kappa shape index (κ3) is 5.22. The van der Waals surface area contributed by atoms with Crippen molar-refractivity contribution in [3.8, 4) is 0 Å². The van der Waals surface area contributed by atoms with Crippen LogP contribution in [0.25, 0.3) is 0 Å². The number of hydrogen-bond acceptors (Lipinski definition) is 3. The third-order valence-electron chi connectivity index (χ3n) is 3.81. The highest BCUT2D eigenvalue weighted by atomic mass is 16.4. The molecule has 1 heterocycles. The number of hydrogen-bond donors (Lipinski definition) is 2. The van der Waals surface area contributed by atoms with Crippen molar-refractivity contribution in [3.05, 3.63) is 52.8 Å². The predicted molar refractivity (Wildman–Crippen MR) is 91.1 cm³/mol. The lowest BCUT2D eigenvalue weighted by Crippen LogP contribution is -2.25. The van der Waals surface area contributed by atoms with E-state index in [4.69, 9.17) is 5.11 Å². The fraction of sp³-hybridized carbons (Fsp3) is 0.389. The van der Waals surface area contributed by atoms with E-state index in [9.17, 15) is 9.59 Å². The molecule has 2 N–H and O–H groups in total. The van der Waals surface area contributed by atoms with E-state index in [2.05, 4.69) is 10.4 Å². The quantitative estimate of drug-likeness (QED) is 0.728. The summed E-state index contributed by atoms with van der Waals surface area (Å²) in [6.07, 6.45) is 1.83. The zero-order valence-electron chi connectivity index (χ0n) is 14.1. The number of carbonyl (C=O) groups is 2. The summed E-state index contributed by atoms with van der Waals surface area (Å²) in [7, 11) is 0. The summed E-state index contributed by atoms with van der Waals surface area (Å²) < 4.78 is 1.95. The highest BCUT2D eigenvalue weighted by Gasteiger charge is 2.05. The van der Waals surface area contributed by atoms with Crippen molar-refractivity contribution in [2.45, 2.75) is 39.7 Å². The average Bonchev–Trinajstić information content (AvgIpc) is 2.87. The van der Waals surface area contributed by atoms with Gasteiger partial charge in [-0.15, -0.1) is 0 Å². The van der Waals surface area contributed by atoms with Crippen molar-refractivity contribution in [2.24, 2.45) is 0 Å². The zero-order chi connectivity index (χ0) is 17.5. The van der Waals surface area contributed by atoms with Gasteiger partial charge in [0.1, 0.15) is 0 Å². The van der Waals surface area contributed by atoms with Crippen LogP contribution in [-0.4, -0.2) is 33.3 Å². The van der Waals surface area contributed by atoms with Crippen LogP contribution in [0.2, 0.25) is 0 Å². The Kier molecular flexibility index (Phi) is 6.12. The van der Waals surface area contributed by atoms with E-state index >= 15 is 0 Å². The summed E-state index contributed by atoms with van der Waals surface area (Å²) in [6.45, 7) is 5.40. The Balaban J connectivity index is 1.66. The van der Waals surface area contributed by atoms with E-state index in [0.717, 1.165) is 29.9 Å². The first kappa shape index (κ1) is 17.7. The highest BCUT2D eigenvalue weighted by molar-refractivity contribution is 5.87. The van der Waals surface area contributed by atoms with Crippen LogP contribution >= 0.6 is 0 Å². The monoisotopic (exact) mass is 329 g/mol.